The van der Waals surface area contributed by atoms with E-state index in [0.29, 0.717) is 9.67 Å². The van der Waals surface area contributed by atoms with Gasteiger partial charge in [-0.25, -0.2) is 10.2 Å². The lowest BCUT2D eigenvalue weighted by molar-refractivity contribution is -0.384. The molecule has 0 bridgehead atoms. The Morgan fingerprint density at radius 3 is 2.42 bits per heavy atom. The number of thiophene rings is 1. The van der Waals surface area contributed by atoms with Gasteiger partial charge in [0, 0.05) is 23.3 Å². The molecule has 0 spiro atoms. The number of hydrogen-bond acceptors (Lipinski definition) is 8. The van der Waals surface area contributed by atoms with Crippen molar-refractivity contribution >= 4 is 34.9 Å². The molecule has 2 aromatic carbocycles. The van der Waals surface area contributed by atoms with E-state index in [0.717, 1.165) is 0 Å². The van der Waals surface area contributed by atoms with Gasteiger partial charge in [-0.3, -0.25) is 30.6 Å². The van der Waals surface area contributed by atoms with Crippen molar-refractivity contribution in [2.45, 2.75) is 0 Å². The van der Waals surface area contributed by atoms with Crippen molar-refractivity contribution in [2.75, 3.05) is 5.43 Å². The molecule has 4 rings (SSSR count). The summed E-state index contributed by atoms with van der Waals surface area (Å²) in [4.78, 5) is 49.1. The first-order chi connectivity index (χ1) is 17.2. The predicted octanol–water partition coefficient (Wildman–Crippen LogP) is 3.19. The van der Waals surface area contributed by atoms with Crippen LogP contribution in [0, 0.1) is 10.1 Å². The number of carboxylic acid groups (broad SMARTS) is 1. The molecule has 182 valence electrons. The summed E-state index contributed by atoms with van der Waals surface area (Å²) >= 11 is 1.25. The lowest BCUT2D eigenvalue weighted by atomic mass is 10.0. The van der Waals surface area contributed by atoms with Gasteiger partial charge in [0.1, 0.15) is 11.4 Å². The molecule has 0 fully saturated rings. The number of hydrogen-bond donors (Lipinski definition) is 5. The summed E-state index contributed by atoms with van der Waals surface area (Å²) in [6, 6.07) is 14.2. The number of amides is 3. The number of carbonyl (C=O) groups excluding carboxylic acids is 2. The molecule has 4 aromatic rings. The van der Waals surface area contributed by atoms with Crippen LogP contribution in [0.2, 0.25) is 0 Å². The summed E-state index contributed by atoms with van der Waals surface area (Å²) in [6.45, 7) is 0. The van der Waals surface area contributed by atoms with E-state index in [2.05, 4.69) is 16.0 Å². The number of nitro benzene ring substituents is 1. The summed E-state index contributed by atoms with van der Waals surface area (Å²) < 4.78 is 0. The number of phenolic OH excluding ortho intramolecular Hbond substituents is 1. The number of aromatic hydroxyl groups is 1. The molecular weight excluding hydrogens is 492 g/mol. The highest BCUT2D eigenvalue weighted by Gasteiger charge is 2.28. The molecule has 36 heavy (non-hydrogen) atoms. The molecule has 5 N–H and O–H groups in total. The van der Waals surface area contributed by atoms with Crippen molar-refractivity contribution in [3.05, 3.63) is 87.4 Å². The number of carbonyl (C=O) groups is 3. The van der Waals surface area contributed by atoms with E-state index in [-0.39, 0.29) is 39.5 Å². The van der Waals surface area contributed by atoms with Crippen molar-refractivity contribution in [1.29, 1.82) is 0 Å². The van der Waals surface area contributed by atoms with Crippen molar-refractivity contribution in [3.63, 3.8) is 0 Å². The fourth-order valence-electron chi connectivity index (χ4n) is 3.33. The van der Waals surface area contributed by atoms with E-state index in [1.807, 2.05) is 5.43 Å². The fraction of sp³-hybridized carbons (Fsp3) is 0. The van der Waals surface area contributed by atoms with E-state index >= 15 is 0 Å². The number of nitrogens with zero attached hydrogens (tertiary/aromatic N) is 3. The Bertz CT molecular complexity index is 1480. The first kappa shape index (κ1) is 23.9. The van der Waals surface area contributed by atoms with E-state index in [1.54, 1.807) is 17.5 Å². The molecule has 2 aromatic heterocycles. The van der Waals surface area contributed by atoms with Gasteiger partial charge in [-0.1, -0.05) is 24.3 Å². The molecule has 13 nitrogen and oxygen atoms in total. The quantitative estimate of drug-likeness (QED) is 0.194. The number of hydrazine groups is 1. The highest BCUT2D eigenvalue weighted by Crippen LogP contribution is 2.37. The average molecular weight is 508 g/mol. The van der Waals surface area contributed by atoms with Crippen LogP contribution in [-0.2, 0) is 0 Å². The highest BCUT2D eigenvalue weighted by molar-refractivity contribution is 7.13. The largest absolute Gasteiger partial charge is 0.508 e. The zero-order chi connectivity index (χ0) is 25.8. The summed E-state index contributed by atoms with van der Waals surface area (Å²) in [7, 11) is 0. The first-order valence-corrected chi connectivity index (χ1v) is 10.9. The topological polar surface area (TPSA) is 189 Å². The first-order valence-electron chi connectivity index (χ1n) is 10.1. The fourth-order valence-corrected chi connectivity index (χ4v) is 4.04. The van der Waals surface area contributed by atoms with Crippen LogP contribution in [0.15, 0.2) is 66.0 Å². The summed E-state index contributed by atoms with van der Waals surface area (Å²) in [5.41, 5.74) is 6.33. The normalized spacial score (nSPS) is 10.4. The molecule has 2 heterocycles. The van der Waals surface area contributed by atoms with Gasteiger partial charge < -0.3 is 10.2 Å². The number of nitro groups is 1. The Morgan fingerprint density at radius 1 is 1.00 bits per heavy atom. The molecule has 3 amide bonds. The third-order valence-corrected chi connectivity index (χ3v) is 5.68. The minimum Gasteiger partial charge on any atom is -0.508 e. The van der Waals surface area contributed by atoms with Crippen molar-refractivity contribution in [1.82, 2.24) is 20.7 Å². The van der Waals surface area contributed by atoms with E-state index in [9.17, 15) is 34.7 Å². The van der Waals surface area contributed by atoms with Crippen LogP contribution in [0.3, 0.4) is 0 Å². The van der Waals surface area contributed by atoms with Crippen LogP contribution in [0.4, 0.5) is 10.5 Å². The molecular formula is C22H16N6O7S. The highest BCUT2D eigenvalue weighted by atomic mass is 32.1. The molecule has 0 aliphatic carbocycles. The maximum absolute atomic E-state index is 13.2. The Balaban J connectivity index is 1.80. The molecule has 0 unspecified atom stereocenters. The number of benzene rings is 2. The maximum Gasteiger partial charge on any atom is 0.425 e. The monoisotopic (exact) mass is 508 g/mol. The van der Waals surface area contributed by atoms with Gasteiger partial charge >= 0.3 is 6.09 Å². The number of aromatic nitrogens is 2. The standard InChI is InChI=1S/C22H16N6O7S/c29-15-7-2-5-13(11-15)20(30)23-24-21(31)19-17(12-4-1-6-14(10-12)28(34)35)18(16-8-3-9-36-16)25-27(19)26-22(32)33/h1-11,26,29H,(H,23,30)(H,24,31)(H,32,33). The lowest BCUT2D eigenvalue weighted by Gasteiger charge is -2.11. The molecule has 0 radical (unpaired) electrons. The Kier molecular flexibility index (Phi) is 6.60. The Hall–Kier alpha value is -5.24. The summed E-state index contributed by atoms with van der Waals surface area (Å²) in [5.74, 6) is -1.88. The van der Waals surface area contributed by atoms with Crippen LogP contribution < -0.4 is 16.3 Å². The zero-order valence-corrected chi connectivity index (χ0v) is 18.9. The van der Waals surface area contributed by atoms with Crippen LogP contribution in [0.25, 0.3) is 21.7 Å². The average Bonchev–Trinajstić information content (AvgIpc) is 3.50. The van der Waals surface area contributed by atoms with Gasteiger partial charge in [0.2, 0.25) is 0 Å². The Labute approximate surface area is 205 Å². The number of rotatable bonds is 6. The number of non-ortho nitro benzene ring substituents is 1. The second-order valence-corrected chi connectivity index (χ2v) is 8.09. The van der Waals surface area contributed by atoms with Crippen LogP contribution in [0.1, 0.15) is 20.8 Å². The van der Waals surface area contributed by atoms with Gasteiger partial charge in [0.25, 0.3) is 17.5 Å². The van der Waals surface area contributed by atoms with Crippen molar-refractivity contribution in [2.24, 2.45) is 0 Å². The van der Waals surface area contributed by atoms with Crippen molar-refractivity contribution in [3.8, 4) is 27.4 Å². The number of nitrogens with one attached hydrogen (secondary N) is 3. The van der Waals surface area contributed by atoms with Crippen LogP contribution in [0.5, 0.6) is 5.75 Å². The molecule has 0 saturated heterocycles. The lowest BCUT2D eigenvalue weighted by Crippen LogP contribution is -2.43. The van der Waals surface area contributed by atoms with E-state index in [4.69, 9.17) is 0 Å². The third kappa shape index (κ3) is 4.97. The maximum atomic E-state index is 13.2. The van der Waals surface area contributed by atoms with Gasteiger partial charge in [0.05, 0.1) is 9.80 Å². The second kappa shape index (κ2) is 9.94. The van der Waals surface area contributed by atoms with Gasteiger partial charge in [0.15, 0.2) is 5.69 Å². The molecule has 14 heteroatoms. The van der Waals surface area contributed by atoms with Gasteiger partial charge in [-0.05, 0) is 35.2 Å². The van der Waals surface area contributed by atoms with E-state index < -0.39 is 22.8 Å². The van der Waals surface area contributed by atoms with Gasteiger partial charge in [-0.2, -0.15) is 4.79 Å². The predicted molar refractivity (Wildman–Crippen MR) is 128 cm³/mol. The summed E-state index contributed by atoms with van der Waals surface area (Å²) in [5, 5.41) is 36.2. The summed E-state index contributed by atoms with van der Waals surface area (Å²) in [6.07, 6.45) is -1.53. The molecule has 0 aliphatic heterocycles. The molecule has 0 aliphatic rings. The molecule has 0 atom stereocenters. The molecule has 0 saturated carbocycles. The SMILES string of the molecule is O=C(O)Nn1nc(-c2cccs2)c(-c2cccc([N+](=O)[O-])c2)c1C(=O)NNC(=O)c1cccc(O)c1. The third-order valence-electron chi connectivity index (χ3n) is 4.80. The minimum atomic E-state index is -1.53. The number of phenols is 1. The second-order valence-electron chi connectivity index (χ2n) is 7.14. The van der Waals surface area contributed by atoms with E-state index in [1.165, 1.54) is 59.9 Å². The smallest absolute Gasteiger partial charge is 0.425 e. The van der Waals surface area contributed by atoms with Gasteiger partial charge in [-0.15, -0.1) is 16.4 Å². The van der Waals surface area contributed by atoms with Crippen molar-refractivity contribution < 1.29 is 29.5 Å². The zero-order valence-electron chi connectivity index (χ0n) is 18.0. The van der Waals surface area contributed by atoms with Crippen LogP contribution >= 0.6 is 11.3 Å². The Morgan fingerprint density at radius 2 is 1.75 bits per heavy atom. The minimum absolute atomic E-state index is 0.0469. The van der Waals surface area contributed by atoms with Crippen LogP contribution in [-0.4, -0.2) is 42.9 Å².